The lowest BCUT2D eigenvalue weighted by atomic mass is 9.80. The van der Waals surface area contributed by atoms with Crippen LogP contribution in [0.1, 0.15) is 41.0 Å². The minimum Gasteiger partial charge on any atom is -0.390 e. The summed E-state index contributed by atoms with van der Waals surface area (Å²) in [4.78, 5) is 0. The van der Waals surface area contributed by atoms with E-state index >= 15 is 0 Å². The molecule has 2 nitrogen and oxygen atoms in total. The third-order valence-corrected chi connectivity index (χ3v) is 2.98. The van der Waals surface area contributed by atoms with Gasteiger partial charge in [0.25, 0.3) is 0 Å². The molecule has 1 saturated heterocycles. The number of hydrogen-bond donors (Lipinski definition) is 1. The molecule has 1 aliphatic heterocycles. The molecule has 0 aromatic rings. The van der Waals surface area contributed by atoms with Crippen molar-refractivity contribution in [2.24, 2.45) is 11.3 Å². The van der Waals surface area contributed by atoms with Gasteiger partial charge in [0.15, 0.2) is 0 Å². The van der Waals surface area contributed by atoms with Crippen LogP contribution in [0.3, 0.4) is 0 Å². The normalized spacial score (nSPS) is 42.0. The zero-order valence-electron chi connectivity index (χ0n) is 9.37. The molecule has 1 N–H and O–H groups in total. The van der Waals surface area contributed by atoms with Gasteiger partial charge in [0, 0.05) is 0 Å². The van der Waals surface area contributed by atoms with Crippen molar-refractivity contribution in [3.63, 3.8) is 0 Å². The molecule has 2 heteroatoms. The van der Waals surface area contributed by atoms with Gasteiger partial charge in [0.1, 0.15) is 0 Å². The van der Waals surface area contributed by atoms with E-state index in [1.165, 1.54) is 0 Å². The first-order valence-electron chi connectivity index (χ1n) is 5.16. The van der Waals surface area contributed by atoms with Crippen LogP contribution >= 0.6 is 0 Å². The van der Waals surface area contributed by atoms with Gasteiger partial charge in [-0.1, -0.05) is 27.7 Å². The molecule has 13 heavy (non-hydrogen) atoms. The van der Waals surface area contributed by atoms with Gasteiger partial charge in [0.05, 0.1) is 18.3 Å². The zero-order chi connectivity index (χ0) is 10.2. The highest BCUT2D eigenvalue weighted by molar-refractivity contribution is 4.88. The Bertz CT molecular complexity index is 171. The van der Waals surface area contributed by atoms with E-state index in [1.54, 1.807) is 0 Å². The van der Waals surface area contributed by atoms with Crippen molar-refractivity contribution in [2.75, 3.05) is 0 Å². The molecule has 1 unspecified atom stereocenters. The van der Waals surface area contributed by atoms with Gasteiger partial charge in [-0.2, -0.15) is 0 Å². The molecule has 0 aromatic heterocycles. The van der Waals surface area contributed by atoms with Crippen LogP contribution < -0.4 is 0 Å². The number of rotatable bonds is 0. The average molecular weight is 186 g/mol. The standard InChI is InChI=1S/C11H22O2/c1-7-6-9(12)10(11(3,4)5)13-8(7)2/h7-10,12H,6H2,1-5H3/t7-,8+,9-,10?/m1/s1. The van der Waals surface area contributed by atoms with Crippen LogP contribution in [-0.4, -0.2) is 23.4 Å². The quantitative estimate of drug-likeness (QED) is 0.628. The van der Waals surface area contributed by atoms with E-state index < -0.39 is 0 Å². The molecule has 1 heterocycles. The summed E-state index contributed by atoms with van der Waals surface area (Å²) in [6.07, 6.45) is 0.820. The zero-order valence-corrected chi connectivity index (χ0v) is 9.37. The number of ether oxygens (including phenoxy) is 1. The van der Waals surface area contributed by atoms with E-state index in [4.69, 9.17) is 4.74 Å². The summed E-state index contributed by atoms with van der Waals surface area (Å²) in [6, 6.07) is 0. The smallest absolute Gasteiger partial charge is 0.0885 e. The first-order valence-corrected chi connectivity index (χ1v) is 5.16. The Morgan fingerprint density at radius 1 is 1.23 bits per heavy atom. The Kier molecular flexibility index (Phi) is 3.03. The summed E-state index contributed by atoms with van der Waals surface area (Å²) in [5.41, 5.74) is 0.0355. The fourth-order valence-corrected chi connectivity index (χ4v) is 1.93. The maximum atomic E-state index is 9.87. The lowest BCUT2D eigenvalue weighted by molar-refractivity contribution is -0.172. The fourth-order valence-electron chi connectivity index (χ4n) is 1.93. The van der Waals surface area contributed by atoms with Crippen molar-refractivity contribution in [1.82, 2.24) is 0 Å². The molecule has 78 valence electrons. The van der Waals surface area contributed by atoms with Crippen molar-refractivity contribution in [1.29, 1.82) is 0 Å². The molecule has 1 aliphatic rings. The second kappa shape index (κ2) is 3.58. The van der Waals surface area contributed by atoms with E-state index in [2.05, 4.69) is 34.6 Å². The summed E-state index contributed by atoms with van der Waals surface area (Å²) < 4.78 is 5.83. The Morgan fingerprint density at radius 2 is 1.77 bits per heavy atom. The molecular formula is C11H22O2. The van der Waals surface area contributed by atoms with Gasteiger partial charge in [0.2, 0.25) is 0 Å². The van der Waals surface area contributed by atoms with Crippen molar-refractivity contribution >= 4 is 0 Å². The molecule has 0 spiro atoms. The molecule has 0 aliphatic carbocycles. The molecule has 1 rings (SSSR count). The van der Waals surface area contributed by atoms with Crippen LogP contribution in [0.25, 0.3) is 0 Å². The Hall–Kier alpha value is -0.0800. The lowest BCUT2D eigenvalue weighted by Gasteiger charge is -2.43. The Morgan fingerprint density at radius 3 is 2.23 bits per heavy atom. The maximum Gasteiger partial charge on any atom is 0.0885 e. The van der Waals surface area contributed by atoms with Crippen molar-refractivity contribution in [3.8, 4) is 0 Å². The van der Waals surface area contributed by atoms with E-state index in [1.807, 2.05) is 0 Å². The molecule has 1 fully saturated rings. The largest absolute Gasteiger partial charge is 0.390 e. The van der Waals surface area contributed by atoms with E-state index in [0.717, 1.165) is 6.42 Å². The second-order valence-electron chi connectivity index (χ2n) is 5.41. The summed E-state index contributed by atoms with van der Waals surface area (Å²) in [5.74, 6) is 0.466. The van der Waals surface area contributed by atoms with Gasteiger partial charge >= 0.3 is 0 Å². The van der Waals surface area contributed by atoms with Crippen LogP contribution in [0.4, 0.5) is 0 Å². The number of hydrogen-bond acceptors (Lipinski definition) is 2. The third-order valence-electron chi connectivity index (χ3n) is 2.98. The van der Waals surface area contributed by atoms with E-state index in [9.17, 15) is 5.11 Å². The highest BCUT2D eigenvalue weighted by Crippen LogP contribution is 2.34. The molecule has 0 bridgehead atoms. The first kappa shape index (κ1) is 11.0. The molecule has 0 radical (unpaired) electrons. The van der Waals surface area contributed by atoms with Crippen LogP contribution in [0.2, 0.25) is 0 Å². The van der Waals surface area contributed by atoms with E-state index in [0.29, 0.717) is 5.92 Å². The number of aliphatic hydroxyl groups excluding tert-OH is 1. The molecular weight excluding hydrogens is 164 g/mol. The van der Waals surface area contributed by atoms with Crippen molar-refractivity contribution in [3.05, 3.63) is 0 Å². The van der Waals surface area contributed by atoms with Gasteiger partial charge < -0.3 is 9.84 Å². The Balaban J connectivity index is 2.67. The second-order valence-corrected chi connectivity index (χ2v) is 5.41. The van der Waals surface area contributed by atoms with Crippen molar-refractivity contribution < 1.29 is 9.84 Å². The topological polar surface area (TPSA) is 29.5 Å². The summed E-state index contributed by atoms with van der Waals surface area (Å²) >= 11 is 0. The summed E-state index contributed by atoms with van der Waals surface area (Å²) in [7, 11) is 0. The predicted molar refractivity (Wildman–Crippen MR) is 53.6 cm³/mol. The minimum absolute atomic E-state index is 0.0151. The minimum atomic E-state index is -0.300. The van der Waals surface area contributed by atoms with E-state index in [-0.39, 0.29) is 23.7 Å². The monoisotopic (exact) mass is 186 g/mol. The number of aliphatic hydroxyl groups is 1. The van der Waals surface area contributed by atoms with Crippen LogP contribution in [-0.2, 0) is 4.74 Å². The predicted octanol–water partition coefficient (Wildman–Crippen LogP) is 2.21. The molecule has 0 amide bonds. The summed E-state index contributed by atoms with van der Waals surface area (Å²) in [5, 5.41) is 9.87. The van der Waals surface area contributed by atoms with Gasteiger partial charge in [-0.05, 0) is 24.7 Å². The van der Waals surface area contributed by atoms with Gasteiger partial charge in [-0.3, -0.25) is 0 Å². The summed E-state index contributed by atoms with van der Waals surface area (Å²) in [6.45, 7) is 10.6. The van der Waals surface area contributed by atoms with Gasteiger partial charge in [-0.25, -0.2) is 0 Å². The van der Waals surface area contributed by atoms with Crippen molar-refractivity contribution in [2.45, 2.75) is 59.4 Å². The first-order chi connectivity index (χ1) is 5.82. The average Bonchev–Trinajstić information content (AvgIpc) is 1.94. The molecule has 0 aromatic carbocycles. The Labute approximate surface area is 81.3 Å². The third kappa shape index (κ3) is 2.44. The highest BCUT2D eigenvalue weighted by Gasteiger charge is 2.39. The van der Waals surface area contributed by atoms with Crippen LogP contribution in [0.15, 0.2) is 0 Å². The lowest BCUT2D eigenvalue weighted by Crippen LogP contribution is -2.48. The highest BCUT2D eigenvalue weighted by atomic mass is 16.5. The maximum absolute atomic E-state index is 9.87. The van der Waals surface area contributed by atoms with Gasteiger partial charge in [-0.15, -0.1) is 0 Å². The van der Waals surface area contributed by atoms with Crippen LogP contribution in [0.5, 0.6) is 0 Å². The fraction of sp³-hybridized carbons (Fsp3) is 1.00. The van der Waals surface area contributed by atoms with Crippen LogP contribution in [0, 0.1) is 11.3 Å². The molecule has 0 saturated carbocycles. The molecule has 4 atom stereocenters. The SMILES string of the molecule is C[C@@H]1C[C@@H](O)C(C(C)(C)C)O[C@H]1C.